The van der Waals surface area contributed by atoms with E-state index in [0.29, 0.717) is 33.9 Å². The smallest absolute Gasteiger partial charge is 0.339 e. The van der Waals surface area contributed by atoms with Crippen LogP contribution in [0.15, 0.2) is 68.7 Å². The molecule has 0 atom stereocenters. The Hall–Kier alpha value is -5.46. The lowest BCUT2D eigenvalue weighted by Crippen LogP contribution is -2.23. The molecule has 2 aromatic carbocycles. The van der Waals surface area contributed by atoms with Crippen molar-refractivity contribution in [2.45, 2.75) is 6.54 Å². The maximum atomic E-state index is 12.6. The fourth-order valence-electron chi connectivity index (χ4n) is 3.55. The van der Waals surface area contributed by atoms with Crippen molar-refractivity contribution in [1.82, 2.24) is 25.3 Å². The lowest BCUT2D eigenvalue weighted by Gasteiger charge is -2.06. The molecule has 0 fully saturated rings. The summed E-state index contributed by atoms with van der Waals surface area (Å²) in [6, 6.07) is 14.5. The highest BCUT2D eigenvalue weighted by Gasteiger charge is 2.20. The third kappa shape index (κ3) is 4.23. The summed E-state index contributed by atoms with van der Waals surface area (Å²) in [4.78, 5) is 28.4. The van der Waals surface area contributed by atoms with E-state index in [-0.39, 0.29) is 29.4 Å². The number of hydrogen-bond acceptors (Lipinski definition) is 10. The number of nitrogens with zero attached hydrogens (tertiary/aromatic N) is 5. The maximum Gasteiger partial charge on any atom is 0.339 e. The highest BCUT2D eigenvalue weighted by Crippen LogP contribution is 2.28. The molecular weight excluding hydrogens is 470 g/mol. The molecule has 180 valence electrons. The number of aromatic nitrogens is 4. The number of hydrazone groups is 1. The molecule has 36 heavy (non-hydrogen) atoms. The first-order valence-electron chi connectivity index (χ1n) is 10.4. The Morgan fingerprint density at radius 3 is 2.75 bits per heavy atom. The van der Waals surface area contributed by atoms with E-state index in [9.17, 15) is 14.7 Å². The first-order chi connectivity index (χ1) is 17.4. The van der Waals surface area contributed by atoms with E-state index >= 15 is 0 Å². The topological polar surface area (TPSA) is 195 Å². The average Bonchev–Trinajstić information content (AvgIpc) is 3.58. The number of carbonyl (C=O) groups excluding carboxylic acids is 1. The summed E-state index contributed by atoms with van der Waals surface area (Å²) in [7, 11) is 0. The number of benzene rings is 2. The number of aromatic carboxylic acids is 1. The van der Waals surface area contributed by atoms with Gasteiger partial charge in [0, 0.05) is 5.56 Å². The number of nitrogens with two attached hydrogens (primary N) is 1. The van der Waals surface area contributed by atoms with Crippen LogP contribution in [-0.2, 0) is 11.3 Å². The minimum absolute atomic E-state index is 0.0442. The van der Waals surface area contributed by atoms with Gasteiger partial charge in [-0.3, -0.25) is 4.79 Å². The Morgan fingerprint density at radius 1 is 1.14 bits per heavy atom. The standard InChI is InChI=1S/C23H17N7O6/c24-21-20(28-36-29-21)22-26-15-3-1-2-4-16(15)30(22)11-19(32)27-25-10-13-6-8-18(35-13)12-5-7-17(31)14(9-12)23(33)34/h1-10,31H,11H2,(H2,24,29)(H,27,32)(H,33,34)/b25-10-. The number of phenols is 1. The number of carbonyl (C=O) groups is 2. The molecule has 13 heteroatoms. The van der Waals surface area contributed by atoms with Gasteiger partial charge in [0.25, 0.3) is 5.91 Å². The highest BCUT2D eigenvalue weighted by molar-refractivity contribution is 5.92. The Balaban J connectivity index is 1.31. The maximum absolute atomic E-state index is 12.6. The number of carboxylic acids is 1. The second-order valence-electron chi connectivity index (χ2n) is 7.54. The van der Waals surface area contributed by atoms with Crippen molar-refractivity contribution in [3.8, 4) is 28.6 Å². The third-order valence-corrected chi connectivity index (χ3v) is 5.20. The van der Waals surface area contributed by atoms with Crippen LogP contribution in [0.1, 0.15) is 16.1 Å². The number of carboxylic acid groups (broad SMARTS) is 1. The van der Waals surface area contributed by atoms with Crippen LogP contribution < -0.4 is 11.2 Å². The van der Waals surface area contributed by atoms with Crippen LogP contribution in [0, 0.1) is 0 Å². The predicted molar refractivity (Wildman–Crippen MR) is 126 cm³/mol. The fourth-order valence-corrected chi connectivity index (χ4v) is 3.55. The molecule has 1 amide bonds. The molecule has 0 aliphatic heterocycles. The number of hydrogen-bond donors (Lipinski definition) is 4. The molecule has 5 aromatic rings. The van der Waals surface area contributed by atoms with Crippen molar-refractivity contribution in [3.63, 3.8) is 0 Å². The predicted octanol–water partition coefficient (Wildman–Crippen LogP) is 2.48. The molecule has 0 saturated heterocycles. The molecule has 0 spiro atoms. The molecule has 3 aromatic heterocycles. The van der Waals surface area contributed by atoms with E-state index in [0.717, 1.165) is 0 Å². The van der Waals surface area contributed by atoms with Gasteiger partial charge in [0.15, 0.2) is 17.3 Å². The van der Waals surface area contributed by atoms with Gasteiger partial charge in [-0.1, -0.05) is 12.1 Å². The minimum Gasteiger partial charge on any atom is -0.507 e. The first-order valence-corrected chi connectivity index (χ1v) is 10.4. The number of fused-ring (bicyclic) bond motifs is 1. The number of furan rings is 1. The van der Waals surface area contributed by atoms with Gasteiger partial charge in [-0.25, -0.2) is 19.8 Å². The summed E-state index contributed by atoms with van der Waals surface area (Å²) in [5.74, 6) is -1.03. The Morgan fingerprint density at radius 2 is 1.97 bits per heavy atom. The summed E-state index contributed by atoms with van der Waals surface area (Å²) in [6.45, 7) is -0.144. The zero-order valence-corrected chi connectivity index (χ0v) is 18.3. The van der Waals surface area contributed by atoms with Gasteiger partial charge in [0.2, 0.25) is 0 Å². The van der Waals surface area contributed by atoms with Crippen LogP contribution in [0.3, 0.4) is 0 Å². The SMILES string of the molecule is Nc1nonc1-c1nc2ccccc2n1CC(=O)N/N=C\c1ccc(-c2ccc(O)c(C(=O)O)c2)o1. The van der Waals surface area contributed by atoms with Gasteiger partial charge in [0.05, 0.1) is 17.2 Å². The summed E-state index contributed by atoms with van der Waals surface area (Å²) in [6.07, 6.45) is 1.30. The van der Waals surface area contributed by atoms with Crippen LogP contribution in [-0.4, -0.2) is 48.2 Å². The first kappa shape index (κ1) is 22.3. The summed E-state index contributed by atoms with van der Waals surface area (Å²) >= 11 is 0. The molecule has 13 nitrogen and oxygen atoms in total. The molecule has 3 heterocycles. The van der Waals surface area contributed by atoms with Crippen molar-refractivity contribution < 1.29 is 28.8 Å². The number of rotatable bonds is 7. The molecular formula is C23H17N7O6. The molecule has 0 bridgehead atoms. The van der Waals surface area contributed by atoms with E-state index in [2.05, 4.69) is 30.5 Å². The van der Waals surface area contributed by atoms with Gasteiger partial charge in [-0.15, -0.1) is 0 Å². The molecule has 5 rings (SSSR count). The van der Waals surface area contributed by atoms with E-state index in [1.165, 1.54) is 24.4 Å². The second kappa shape index (κ2) is 9.06. The molecule has 0 radical (unpaired) electrons. The highest BCUT2D eigenvalue weighted by atomic mass is 16.6. The zero-order chi connectivity index (χ0) is 25.2. The quantitative estimate of drug-likeness (QED) is 0.196. The van der Waals surface area contributed by atoms with Crippen LogP contribution in [0.25, 0.3) is 33.9 Å². The molecule has 0 unspecified atom stereocenters. The van der Waals surface area contributed by atoms with Crippen LogP contribution >= 0.6 is 0 Å². The number of aromatic hydroxyl groups is 1. The Kier molecular flexibility index (Phi) is 5.62. The van der Waals surface area contributed by atoms with E-state index in [1.54, 1.807) is 28.8 Å². The van der Waals surface area contributed by atoms with Gasteiger partial charge < -0.3 is 24.9 Å². The van der Waals surface area contributed by atoms with Gasteiger partial charge in [0.1, 0.15) is 29.4 Å². The van der Waals surface area contributed by atoms with Crippen molar-refractivity contribution in [2.24, 2.45) is 5.10 Å². The van der Waals surface area contributed by atoms with E-state index in [1.807, 2.05) is 12.1 Å². The lowest BCUT2D eigenvalue weighted by molar-refractivity contribution is -0.121. The molecule has 0 saturated carbocycles. The minimum atomic E-state index is -1.26. The zero-order valence-electron chi connectivity index (χ0n) is 18.3. The second-order valence-corrected chi connectivity index (χ2v) is 7.54. The van der Waals surface area contributed by atoms with E-state index < -0.39 is 11.9 Å². The Labute approximate surface area is 201 Å². The summed E-state index contributed by atoms with van der Waals surface area (Å²) in [5.41, 5.74) is 9.97. The molecule has 5 N–H and O–H groups in total. The number of imidazole rings is 1. The van der Waals surface area contributed by atoms with Crippen LogP contribution in [0.4, 0.5) is 5.82 Å². The number of anilines is 1. The lowest BCUT2D eigenvalue weighted by atomic mass is 10.1. The van der Waals surface area contributed by atoms with Gasteiger partial charge in [-0.2, -0.15) is 5.10 Å². The largest absolute Gasteiger partial charge is 0.507 e. The van der Waals surface area contributed by atoms with Crippen molar-refractivity contribution in [1.29, 1.82) is 0 Å². The number of amides is 1. The normalized spacial score (nSPS) is 11.3. The number of para-hydroxylation sites is 2. The van der Waals surface area contributed by atoms with Gasteiger partial charge in [-0.05, 0) is 52.8 Å². The number of nitrogen functional groups attached to an aromatic ring is 1. The molecule has 0 aliphatic rings. The summed E-state index contributed by atoms with van der Waals surface area (Å²) < 4.78 is 11.9. The van der Waals surface area contributed by atoms with Crippen molar-refractivity contribution >= 4 is 34.9 Å². The van der Waals surface area contributed by atoms with Crippen LogP contribution in [0.5, 0.6) is 5.75 Å². The fraction of sp³-hybridized carbons (Fsp3) is 0.0435. The van der Waals surface area contributed by atoms with Gasteiger partial charge >= 0.3 is 5.97 Å². The number of nitrogens with one attached hydrogen (secondary N) is 1. The third-order valence-electron chi connectivity index (χ3n) is 5.20. The van der Waals surface area contributed by atoms with E-state index in [4.69, 9.17) is 15.3 Å². The molecule has 0 aliphatic carbocycles. The van der Waals surface area contributed by atoms with Crippen LogP contribution in [0.2, 0.25) is 0 Å². The van der Waals surface area contributed by atoms with Crippen molar-refractivity contribution in [3.05, 3.63) is 65.9 Å². The average molecular weight is 487 g/mol. The Bertz CT molecular complexity index is 1630. The monoisotopic (exact) mass is 487 g/mol. The van der Waals surface area contributed by atoms with Crippen molar-refractivity contribution in [2.75, 3.05) is 5.73 Å². The summed E-state index contributed by atoms with van der Waals surface area (Å²) in [5, 5.41) is 30.1.